The Labute approximate surface area is 250 Å². The van der Waals surface area contributed by atoms with E-state index >= 15 is 0 Å². The van der Waals surface area contributed by atoms with Crippen LogP contribution in [0.4, 0.5) is 0 Å². The SMILES string of the molecule is Cc1c(-c2ccc(O)cc2)n(Cc2ccc(OCCN3CCCCCC3)cc2)c2ccc(O)cc12.O=C(O)/C=C\C(=O)O. The Morgan fingerprint density at radius 1 is 0.814 bits per heavy atom. The zero-order chi connectivity index (χ0) is 30.8. The zero-order valence-electron chi connectivity index (χ0n) is 24.3. The molecule has 1 aliphatic rings. The summed E-state index contributed by atoms with van der Waals surface area (Å²) in [5.74, 6) is -1.10. The van der Waals surface area contributed by atoms with Gasteiger partial charge in [0, 0.05) is 36.1 Å². The first-order chi connectivity index (χ1) is 20.7. The number of fused-ring (bicyclic) bond motifs is 1. The second-order valence-electron chi connectivity index (χ2n) is 10.6. The Hall–Kier alpha value is -4.76. The van der Waals surface area contributed by atoms with Gasteiger partial charge in [-0.05, 0) is 104 Å². The van der Waals surface area contributed by atoms with Crippen molar-refractivity contribution in [3.63, 3.8) is 0 Å². The van der Waals surface area contributed by atoms with Gasteiger partial charge < -0.3 is 29.7 Å². The molecule has 1 aromatic heterocycles. The molecule has 1 saturated heterocycles. The molecular formula is C34H38N2O7. The fourth-order valence-electron chi connectivity index (χ4n) is 5.33. The number of ether oxygens (including phenoxy) is 1. The van der Waals surface area contributed by atoms with E-state index in [2.05, 4.69) is 40.7 Å². The molecule has 1 aliphatic heterocycles. The normalized spacial score (nSPS) is 13.8. The zero-order valence-corrected chi connectivity index (χ0v) is 24.3. The number of benzene rings is 3. The summed E-state index contributed by atoms with van der Waals surface area (Å²) in [5.41, 5.74) is 5.47. The van der Waals surface area contributed by atoms with Crippen LogP contribution in [0.1, 0.15) is 36.8 Å². The van der Waals surface area contributed by atoms with Gasteiger partial charge in [0.1, 0.15) is 23.9 Å². The number of hydrogen-bond donors (Lipinski definition) is 4. The van der Waals surface area contributed by atoms with Crippen molar-refractivity contribution in [2.75, 3.05) is 26.2 Å². The Morgan fingerprint density at radius 3 is 2.02 bits per heavy atom. The molecule has 43 heavy (non-hydrogen) atoms. The number of rotatable bonds is 9. The molecule has 0 saturated carbocycles. The van der Waals surface area contributed by atoms with Crippen LogP contribution in [0.3, 0.4) is 0 Å². The number of phenols is 2. The summed E-state index contributed by atoms with van der Waals surface area (Å²) >= 11 is 0. The molecule has 0 amide bonds. The predicted octanol–water partition coefficient (Wildman–Crippen LogP) is 6.04. The van der Waals surface area contributed by atoms with Crippen LogP contribution in [0.25, 0.3) is 22.2 Å². The molecule has 0 spiro atoms. The number of hydrogen-bond acceptors (Lipinski definition) is 6. The molecule has 0 unspecified atom stereocenters. The number of carbonyl (C=O) groups is 2. The Bertz CT molecular complexity index is 1530. The van der Waals surface area contributed by atoms with E-state index in [1.165, 1.54) is 44.3 Å². The van der Waals surface area contributed by atoms with Gasteiger partial charge in [-0.1, -0.05) is 25.0 Å². The van der Waals surface area contributed by atoms with Gasteiger partial charge in [0.05, 0.1) is 5.69 Å². The lowest BCUT2D eigenvalue weighted by atomic mass is 10.1. The third-order valence-corrected chi connectivity index (χ3v) is 7.45. The van der Waals surface area contributed by atoms with E-state index in [4.69, 9.17) is 14.9 Å². The quantitative estimate of drug-likeness (QED) is 0.175. The van der Waals surface area contributed by atoms with Crippen molar-refractivity contribution in [2.45, 2.75) is 39.2 Å². The fraction of sp³-hybridized carbons (Fsp3) is 0.294. The van der Waals surface area contributed by atoms with Crippen LogP contribution < -0.4 is 4.74 Å². The van der Waals surface area contributed by atoms with Crippen molar-refractivity contribution in [3.05, 3.63) is 90.0 Å². The summed E-state index contributed by atoms with van der Waals surface area (Å²) in [5, 5.41) is 36.5. The standard InChI is InChI=1S/C30H34N2O3.C4H4O4/c1-22-28-20-26(34)12-15-29(28)32(30(22)24-8-10-25(33)11-9-24)21-23-6-13-27(14-7-23)35-19-18-31-16-4-2-3-5-17-31;5-3(6)1-2-4(7)8/h6-15,20,33-34H,2-5,16-19,21H2,1H3;1-2H,(H,5,6)(H,7,8)/b;2-1-. The van der Waals surface area contributed by atoms with Crippen molar-refractivity contribution >= 4 is 22.8 Å². The molecule has 9 heteroatoms. The first kappa shape index (κ1) is 31.2. The average Bonchev–Trinajstić information content (AvgIpc) is 3.12. The highest BCUT2D eigenvalue weighted by Crippen LogP contribution is 2.36. The number of nitrogens with zero attached hydrogens (tertiary/aromatic N) is 2. The first-order valence-electron chi connectivity index (χ1n) is 14.4. The van der Waals surface area contributed by atoms with E-state index < -0.39 is 11.9 Å². The molecule has 0 radical (unpaired) electrons. The van der Waals surface area contributed by atoms with Gasteiger partial charge in [-0.25, -0.2) is 9.59 Å². The van der Waals surface area contributed by atoms with E-state index in [0.717, 1.165) is 46.6 Å². The van der Waals surface area contributed by atoms with Crippen molar-refractivity contribution in [3.8, 4) is 28.5 Å². The smallest absolute Gasteiger partial charge is 0.328 e. The Balaban J connectivity index is 0.000000467. The van der Waals surface area contributed by atoms with Gasteiger partial charge in [-0.2, -0.15) is 0 Å². The van der Waals surface area contributed by atoms with Gasteiger partial charge in [-0.3, -0.25) is 4.90 Å². The van der Waals surface area contributed by atoms with Crippen molar-refractivity contribution in [1.82, 2.24) is 9.47 Å². The monoisotopic (exact) mass is 586 g/mol. The number of aryl methyl sites for hydroxylation is 1. The number of likely N-dealkylation sites (tertiary alicyclic amines) is 1. The van der Waals surface area contributed by atoms with Gasteiger partial charge in [0.25, 0.3) is 0 Å². The Kier molecular flexibility index (Phi) is 10.8. The average molecular weight is 587 g/mol. The molecule has 4 aromatic rings. The minimum Gasteiger partial charge on any atom is -0.508 e. The molecule has 1 fully saturated rings. The van der Waals surface area contributed by atoms with Crippen LogP contribution in [-0.2, 0) is 16.1 Å². The highest BCUT2D eigenvalue weighted by atomic mass is 16.5. The summed E-state index contributed by atoms with van der Waals surface area (Å²) < 4.78 is 8.33. The largest absolute Gasteiger partial charge is 0.508 e. The summed E-state index contributed by atoms with van der Waals surface area (Å²) in [7, 11) is 0. The van der Waals surface area contributed by atoms with E-state index in [0.29, 0.717) is 18.7 Å². The summed E-state index contributed by atoms with van der Waals surface area (Å²) in [6.07, 6.45) is 6.42. The molecule has 226 valence electrons. The lowest BCUT2D eigenvalue weighted by Crippen LogP contribution is -2.29. The molecule has 4 N–H and O–H groups in total. The second-order valence-corrected chi connectivity index (χ2v) is 10.6. The van der Waals surface area contributed by atoms with Crippen LogP contribution in [0.15, 0.2) is 78.9 Å². The first-order valence-corrected chi connectivity index (χ1v) is 14.4. The molecule has 0 atom stereocenters. The number of aliphatic carboxylic acids is 2. The van der Waals surface area contributed by atoms with Crippen LogP contribution in [0.5, 0.6) is 17.2 Å². The molecule has 0 aliphatic carbocycles. The molecule has 0 bridgehead atoms. The van der Waals surface area contributed by atoms with Gasteiger partial charge in [0.2, 0.25) is 0 Å². The summed E-state index contributed by atoms with van der Waals surface area (Å²) in [4.78, 5) is 21.6. The minimum atomic E-state index is -1.26. The molecular weight excluding hydrogens is 548 g/mol. The number of aromatic nitrogens is 1. The number of aromatic hydroxyl groups is 2. The molecule has 9 nitrogen and oxygen atoms in total. The number of phenolic OH excluding ortho intramolecular Hbond substituents is 2. The van der Waals surface area contributed by atoms with E-state index in [-0.39, 0.29) is 11.5 Å². The minimum absolute atomic E-state index is 0.248. The van der Waals surface area contributed by atoms with E-state index in [9.17, 15) is 19.8 Å². The molecule has 2 heterocycles. The summed E-state index contributed by atoms with van der Waals surface area (Å²) in [6.45, 7) is 6.86. The van der Waals surface area contributed by atoms with Crippen molar-refractivity contribution in [1.29, 1.82) is 0 Å². The maximum Gasteiger partial charge on any atom is 0.328 e. The third kappa shape index (κ3) is 8.86. The highest BCUT2D eigenvalue weighted by Gasteiger charge is 2.17. The number of carboxylic acids is 2. The van der Waals surface area contributed by atoms with E-state index in [1.54, 1.807) is 18.2 Å². The molecule has 3 aromatic carbocycles. The van der Waals surface area contributed by atoms with Gasteiger partial charge in [-0.15, -0.1) is 0 Å². The maximum atomic E-state index is 10.1. The lowest BCUT2D eigenvalue weighted by molar-refractivity contribution is -0.134. The predicted molar refractivity (Wildman–Crippen MR) is 166 cm³/mol. The topological polar surface area (TPSA) is 132 Å². The number of carboxylic acid groups (broad SMARTS) is 2. The van der Waals surface area contributed by atoms with Crippen molar-refractivity contribution in [2.24, 2.45) is 0 Å². The van der Waals surface area contributed by atoms with Crippen LogP contribution in [0.2, 0.25) is 0 Å². The second kappa shape index (κ2) is 14.9. The van der Waals surface area contributed by atoms with Crippen LogP contribution >= 0.6 is 0 Å². The fourth-order valence-corrected chi connectivity index (χ4v) is 5.33. The van der Waals surface area contributed by atoms with Gasteiger partial charge in [0.15, 0.2) is 0 Å². The maximum absolute atomic E-state index is 10.1. The molecule has 5 rings (SSSR count). The van der Waals surface area contributed by atoms with Crippen LogP contribution in [-0.4, -0.2) is 68.1 Å². The van der Waals surface area contributed by atoms with Crippen LogP contribution in [0, 0.1) is 6.92 Å². The Morgan fingerprint density at radius 2 is 1.42 bits per heavy atom. The van der Waals surface area contributed by atoms with E-state index in [1.807, 2.05) is 24.3 Å². The summed E-state index contributed by atoms with van der Waals surface area (Å²) in [6, 6.07) is 21.2. The highest BCUT2D eigenvalue weighted by molar-refractivity contribution is 5.92. The lowest BCUT2D eigenvalue weighted by Gasteiger charge is -2.19. The third-order valence-electron chi connectivity index (χ3n) is 7.45. The van der Waals surface area contributed by atoms with Gasteiger partial charge >= 0.3 is 11.9 Å². The van der Waals surface area contributed by atoms with Crippen molar-refractivity contribution < 1.29 is 34.8 Å².